The van der Waals surface area contributed by atoms with Gasteiger partial charge in [0.15, 0.2) is 11.5 Å². The first-order valence-corrected chi connectivity index (χ1v) is 8.53. The maximum atomic E-state index is 13.1. The molecule has 1 aliphatic carbocycles. The Labute approximate surface area is 155 Å². The van der Waals surface area contributed by atoms with E-state index < -0.39 is 11.7 Å². The third-order valence-corrected chi connectivity index (χ3v) is 4.52. The van der Waals surface area contributed by atoms with E-state index in [9.17, 15) is 18.0 Å². The Hall–Kier alpha value is -2.70. The molecule has 27 heavy (non-hydrogen) atoms. The fourth-order valence-electron chi connectivity index (χ4n) is 2.96. The van der Waals surface area contributed by atoms with Gasteiger partial charge in [-0.3, -0.25) is 4.79 Å². The maximum Gasteiger partial charge on any atom is 0.416 e. The summed E-state index contributed by atoms with van der Waals surface area (Å²) in [6.07, 6.45) is -2.63. The Balaban J connectivity index is 1.85. The smallest absolute Gasteiger partial charge is 0.416 e. The molecule has 0 heterocycles. The summed E-state index contributed by atoms with van der Waals surface area (Å²) in [5.74, 6) is 0.574. The predicted molar refractivity (Wildman–Crippen MR) is 93.9 cm³/mol. The summed E-state index contributed by atoms with van der Waals surface area (Å²) in [6, 6.07) is 10.0. The van der Waals surface area contributed by atoms with Gasteiger partial charge in [-0.05, 0) is 42.7 Å². The van der Waals surface area contributed by atoms with E-state index in [0.717, 1.165) is 25.0 Å². The van der Waals surface area contributed by atoms with Crippen molar-refractivity contribution in [1.82, 2.24) is 4.90 Å². The lowest BCUT2D eigenvalue weighted by molar-refractivity contribution is -0.137. The van der Waals surface area contributed by atoms with E-state index in [-0.39, 0.29) is 18.5 Å². The van der Waals surface area contributed by atoms with Gasteiger partial charge in [0.05, 0.1) is 25.3 Å². The highest BCUT2D eigenvalue weighted by atomic mass is 19.4. The molecule has 4 nitrogen and oxygen atoms in total. The largest absolute Gasteiger partial charge is 0.493 e. The molecule has 0 saturated heterocycles. The van der Waals surface area contributed by atoms with E-state index in [2.05, 4.69) is 0 Å². The standard InChI is InChI=1S/C20H20F3NO3/c1-26-17-5-3-4-16(18(17)27-2)19(25)24(15-10-11-15)12-13-6-8-14(9-7-13)20(21,22)23/h3-9,15H,10-12H2,1-2H3. The molecular formula is C20H20F3NO3. The van der Waals surface area contributed by atoms with Crippen molar-refractivity contribution >= 4 is 5.91 Å². The van der Waals surface area contributed by atoms with Gasteiger partial charge in [-0.15, -0.1) is 0 Å². The summed E-state index contributed by atoms with van der Waals surface area (Å²) < 4.78 is 48.8. The summed E-state index contributed by atoms with van der Waals surface area (Å²) >= 11 is 0. The van der Waals surface area contributed by atoms with Gasteiger partial charge in [0.2, 0.25) is 0 Å². The molecule has 0 bridgehead atoms. The summed E-state index contributed by atoms with van der Waals surface area (Å²) in [5.41, 5.74) is 0.311. The average molecular weight is 379 g/mol. The molecular weight excluding hydrogens is 359 g/mol. The lowest BCUT2D eigenvalue weighted by Gasteiger charge is -2.24. The molecule has 2 aromatic carbocycles. The molecule has 0 N–H and O–H groups in total. The van der Waals surface area contributed by atoms with Gasteiger partial charge in [0, 0.05) is 12.6 Å². The van der Waals surface area contributed by atoms with Crippen molar-refractivity contribution in [2.45, 2.75) is 31.6 Å². The molecule has 2 aromatic rings. The Kier molecular flexibility index (Phi) is 5.30. The molecule has 0 atom stereocenters. The van der Waals surface area contributed by atoms with Crippen LogP contribution in [0.4, 0.5) is 13.2 Å². The first-order chi connectivity index (χ1) is 12.8. The number of para-hydroxylation sites is 1. The van der Waals surface area contributed by atoms with Crippen molar-refractivity contribution in [3.8, 4) is 11.5 Å². The van der Waals surface area contributed by atoms with Crippen LogP contribution < -0.4 is 9.47 Å². The molecule has 0 radical (unpaired) electrons. The number of hydrogen-bond donors (Lipinski definition) is 0. The number of hydrogen-bond acceptors (Lipinski definition) is 3. The first kappa shape index (κ1) is 19.1. The normalized spacial score (nSPS) is 14.0. The van der Waals surface area contributed by atoms with Crippen molar-refractivity contribution in [3.05, 3.63) is 59.2 Å². The van der Waals surface area contributed by atoms with Crippen LogP contribution in [0.15, 0.2) is 42.5 Å². The second-order valence-electron chi connectivity index (χ2n) is 6.40. The quantitative estimate of drug-likeness (QED) is 0.740. The highest BCUT2D eigenvalue weighted by Crippen LogP contribution is 2.36. The third kappa shape index (κ3) is 4.18. The van der Waals surface area contributed by atoms with E-state index in [4.69, 9.17) is 9.47 Å². The SMILES string of the molecule is COc1cccc(C(=O)N(Cc2ccc(C(F)(F)F)cc2)C2CC2)c1OC. The molecule has 0 aliphatic heterocycles. The second-order valence-corrected chi connectivity index (χ2v) is 6.40. The van der Waals surface area contributed by atoms with Crippen molar-refractivity contribution in [1.29, 1.82) is 0 Å². The van der Waals surface area contributed by atoms with Crippen LogP contribution in [0.1, 0.15) is 34.3 Å². The molecule has 144 valence electrons. The van der Waals surface area contributed by atoms with Crippen LogP contribution in [0.25, 0.3) is 0 Å². The highest BCUT2D eigenvalue weighted by Gasteiger charge is 2.35. The Morgan fingerprint density at radius 3 is 2.26 bits per heavy atom. The predicted octanol–water partition coefficient (Wildman–Crippen LogP) is 4.53. The van der Waals surface area contributed by atoms with E-state index in [1.54, 1.807) is 23.1 Å². The van der Waals surface area contributed by atoms with Crippen LogP contribution in [-0.2, 0) is 12.7 Å². The van der Waals surface area contributed by atoms with Gasteiger partial charge >= 0.3 is 6.18 Å². The number of methoxy groups -OCH3 is 2. The zero-order chi connectivity index (χ0) is 19.6. The average Bonchev–Trinajstić information content (AvgIpc) is 3.49. The molecule has 1 amide bonds. The number of amides is 1. The number of rotatable bonds is 6. The van der Waals surface area contributed by atoms with Crippen LogP contribution in [0.2, 0.25) is 0 Å². The van der Waals surface area contributed by atoms with Crippen molar-refractivity contribution in [3.63, 3.8) is 0 Å². The van der Waals surface area contributed by atoms with Crippen LogP contribution >= 0.6 is 0 Å². The molecule has 7 heteroatoms. The van der Waals surface area contributed by atoms with Gasteiger partial charge < -0.3 is 14.4 Å². The highest BCUT2D eigenvalue weighted by molar-refractivity contribution is 5.98. The van der Waals surface area contributed by atoms with E-state index in [1.165, 1.54) is 26.4 Å². The van der Waals surface area contributed by atoms with Gasteiger partial charge in [0.1, 0.15) is 0 Å². The molecule has 0 unspecified atom stereocenters. The minimum atomic E-state index is -4.38. The fourth-order valence-corrected chi connectivity index (χ4v) is 2.96. The lowest BCUT2D eigenvalue weighted by Crippen LogP contribution is -2.33. The molecule has 0 spiro atoms. The number of alkyl halides is 3. The van der Waals surface area contributed by atoms with Crippen LogP contribution in [0.5, 0.6) is 11.5 Å². The number of halogens is 3. The monoisotopic (exact) mass is 379 g/mol. The van der Waals surface area contributed by atoms with E-state index >= 15 is 0 Å². The Bertz CT molecular complexity index is 814. The molecule has 1 aliphatic rings. The molecule has 1 saturated carbocycles. The van der Waals surface area contributed by atoms with Gasteiger partial charge in [-0.2, -0.15) is 13.2 Å². The second kappa shape index (κ2) is 7.50. The van der Waals surface area contributed by atoms with Crippen molar-refractivity contribution in [2.24, 2.45) is 0 Å². The summed E-state index contributed by atoms with van der Waals surface area (Å²) in [6.45, 7) is 0.238. The first-order valence-electron chi connectivity index (χ1n) is 8.53. The number of ether oxygens (including phenoxy) is 2. The van der Waals surface area contributed by atoms with E-state index in [1.807, 2.05) is 0 Å². The molecule has 0 aromatic heterocycles. The van der Waals surface area contributed by atoms with Crippen molar-refractivity contribution in [2.75, 3.05) is 14.2 Å². The summed E-state index contributed by atoms with van der Waals surface area (Å²) in [4.78, 5) is 14.8. The van der Waals surface area contributed by atoms with Crippen LogP contribution in [0, 0.1) is 0 Å². The Morgan fingerprint density at radius 2 is 1.74 bits per heavy atom. The Morgan fingerprint density at radius 1 is 1.07 bits per heavy atom. The van der Waals surface area contributed by atoms with Gasteiger partial charge in [0.25, 0.3) is 5.91 Å². The molecule has 3 rings (SSSR count). The van der Waals surface area contributed by atoms with Crippen LogP contribution in [-0.4, -0.2) is 31.1 Å². The fraction of sp³-hybridized carbons (Fsp3) is 0.350. The maximum absolute atomic E-state index is 13.1. The minimum Gasteiger partial charge on any atom is -0.493 e. The van der Waals surface area contributed by atoms with Crippen molar-refractivity contribution < 1.29 is 27.4 Å². The number of carbonyl (C=O) groups excluding carboxylic acids is 1. The number of nitrogens with zero attached hydrogens (tertiary/aromatic N) is 1. The van der Waals surface area contributed by atoms with E-state index in [0.29, 0.717) is 22.6 Å². The van der Waals surface area contributed by atoms with Crippen LogP contribution in [0.3, 0.4) is 0 Å². The zero-order valence-corrected chi connectivity index (χ0v) is 15.0. The third-order valence-electron chi connectivity index (χ3n) is 4.52. The summed E-state index contributed by atoms with van der Waals surface area (Å²) in [5, 5.41) is 0. The lowest BCUT2D eigenvalue weighted by atomic mass is 10.1. The minimum absolute atomic E-state index is 0.0794. The topological polar surface area (TPSA) is 38.8 Å². The number of carbonyl (C=O) groups is 1. The summed E-state index contributed by atoms with van der Waals surface area (Å²) in [7, 11) is 2.96. The number of benzene rings is 2. The van der Waals surface area contributed by atoms with Gasteiger partial charge in [-0.25, -0.2) is 0 Å². The molecule has 1 fully saturated rings. The van der Waals surface area contributed by atoms with Gasteiger partial charge in [-0.1, -0.05) is 18.2 Å². The zero-order valence-electron chi connectivity index (χ0n) is 15.0.